The van der Waals surface area contributed by atoms with Crippen LogP contribution < -0.4 is 9.80 Å². The molecule has 0 saturated carbocycles. The number of halogens is 2. The monoisotopic (exact) mass is 858 g/mol. The molecule has 0 radical (unpaired) electrons. The second kappa shape index (κ2) is 16.9. The van der Waals surface area contributed by atoms with Crippen LogP contribution in [0.15, 0.2) is 231 Å². The summed E-state index contributed by atoms with van der Waals surface area (Å²) in [5, 5.41) is 1.96. The van der Waals surface area contributed by atoms with E-state index in [1.54, 1.807) is 24.3 Å². The molecule has 0 bridgehead atoms. The van der Waals surface area contributed by atoms with Gasteiger partial charge in [-0.05, 0) is 171 Å². The Morgan fingerprint density at radius 3 is 1.06 bits per heavy atom. The predicted molar refractivity (Wildman–Crippen MR) is 270 cm³/mol. The molecule has 66 heavy (non-hydrogen) atoms. The highest BCUT2D eigenvalue weighted by Gasteiger charge is 2.21. The predicted octanol–water partition coefficient (Wildman–Crippen LogP) is 16.7. The molecule has 0 aliphatic heterocycles. The number of hydrogen-bond donors (Lipinski definition) is 0. The topological polar surface area (TPSA) is 16.3 Å². The van der Waals surface area contributed by atoms with Crippen LogP contribution in [-0.2, 0) is 0 Å². The van der Waals surface area contributed by atoms with Gasteiger partial charge in [-0.1, -0.05) is 84.9 Å². The third-order valence-corrected chi connectivity index (χ3v) is 12.2. The molecule has 6 heteroatoms. The Bertz CT molecular complexity index is 3280. The minimum absolute atomic E-state index is 0.302. The molecule has 11 rings (SSSR count). The van der Waals surface area contributed by atoms with Crippen molar-refractivity contribution in [3.63, 3.8) is 0 Å². The number of nitrogens with zero attached hydrogens (tertiary/aromatic N) is 4. The zero-order valence-corrected chi connectivity index (χ0v) is 36.5. The Morgan fingerprint density at radius 1 is 0.318 bits per heavy atom. The Kier molecular flexibility index (Phi) is 10.3. The van der Waals surface area contributed by atoms with Crippen LogP contribution in [0.2, 0.25) is 0 Å². The largest absolute Gasteiger partial charge is 0.310 e. The van der Waals surface area contributed by atoms with E-state index in [-0.39, 0.29) is 11.6 Å². The van der Waals surface area contributed by atoms with Crippen LogP contribution in [0, 0.1) is 25.5 Å². The second-order valence-corrected chi connectivity index (χ2v) is 16.8. The highest BCUT2D eigenvalue weighted by Crippen LogP contribution is 2.41. The van der Waals surface area contributed by atoms with E-state index in [1.165, 1.54) is 23.3 Å². The molecule has 0 spiro atoms. The first-order valence-corrected chi connectivity index (χ1v) is 22.1. The standard InChI is InChI=1S/C60H44F2N4/c1-41-13-9-23-55(33-41)63(49-19-5-3-6-20-49)51-25-29-53(30-26-51)65-57(43-15-11-17-47(61)35-43)37-45-40-60-46(39-59(45)65)38-58(44-16-12-18-48(62)36-44)66(60)54-31-27-52(28-32-54)64(50-21-7-4-8-22-50)56-24-10-14-42(2)34-56/h3-40H,1-2H3. The van der Waals surface area contributed by atoms with Gasteiger partial charge in [0.25, 0.3) is 0 Å². The van der Waals surface area contributed by atoms with Gasteiger partial charge in [0.05, 0.1) is 22.4 Å². The van der Waals surface area contributed by atoms with Gasteiger partial charge in [0.2, 0.25) is 0 Å². The lowest BCUT2D eigenvalue weighted by atomic mass is 10.1. The number of aromatic nitrogens is 2. The fraction of sp³-hybridized carbons (Fsp3) is 0.0333. The number of anilines is 6. The molecule has 0 fully saturated rings. The minimum Gasteiger partial charge on any atom is -0.310 e. The van der Waals surface area contributed by atoms with E-state index < -0.39 is 0 Å². The van der Waals surface area contributed by atoms with E-state index in [0.29, 0.717) is 0 Å². The summed E-state index contributed by atoms with van der Waals surface area (Å²) in [5.74, 6) is -0.603. The van der Waals surface area contributed by atoms with Crippen LogP contribution in [0.1, 0.15) is 11.1 Å². The summed E-state index contributed by atoms with van der Waals surface area (Å²) >= 11 is 0. The molecule has 2 heterocycles. The maximum absolute atomic E-state index is 15.0. The van der Waals surface area contributed by atoms with E-state index in [2.05, 4.69) is 203 Å². The Labute approximate surface area is 383 Å². The van der Waals surface area contributed by atoms with Crippen molar-refractivity contribution < 1.29 is 8.78 Å². The number of fused-ring (bicyclic) bond motifs is 2. The first kappa shape index (κ1) is 40.3. The summed E-state index contributed by atoms with van der Waals surface area (Å²) < 4.78 is 34.5. The van der Waals surface area contributed by atoms with Crippen molar-refractivity contribution in [2.75, 3.05) is 9.80 Å². The van der Waals surface area contributed by atoms with Gasteiger partial charge in [-0.2, -0.15) is 0 Å². The first-order valence-electron chi connectivity index (χ1n) is 22.1. The fourth-order valence-corrected chi connectivity index (χ4v) is 9.27. The van der Waals surface area contributed by atoms with Gasteiger partial charge in [-0.15, -0.1) is 0 Å². The van der Waals surface area contributed by atoms with Gasteiger partial charge in [0.1, 0.15) is 11.6 Å². The van der Waals surface area contributed by atoms with Crippen molar-refractivity contribution in [3.8, 4) is 33.9 Å². The van der Waals surface area contributed by atoms with Gasteiger partial charge in [-0.3, -0.25) is 0 Å². The lowest BCUT2D eigenvalue weighted by Gasteiger charge is -2.26. The normalized spacial score (nSPS) is 11.3. The molecule has 0 N–H and O–H groups in total. The molecule has 9 aromatic carbocycles. The van der Waals surface area contributed by atoms with E-state index in [1.807, 2.05) is 24.3 Å². The Balaban J connectivity index is 1.08. The van der Waals surface area contributed by atoms with Crippen LogP contribution in [0.3, 0.4) is 0 Å². The van der Waals surface area contributed by atoms with E-state index in [0.717, 1.165) is 89.8 Å². The summed E-state index contributed by atoms with van der Waals surface area (Å²) in [5.41, 5.74) is 15.7. The molecule has 11 aromatic rings. The number of aryl methyl sites for hydroxylation is 2. The average Bonchev–Trinajstić information content (AvgIpc) is 3.90. The van der Waals surface area contributed by atoms with Crippen LogP contribution in [0.25, 0.3) is 55.7 Å². The van der Waals surface area contributed by atoms with E-state index in [9.17, 15) is 0 Å². The van der Waals surface area contributed by atoms with Crippen LogP contribution in [-0.4, -0.2) is 9.13 Å². The Hall–Kier alpha value is -8.48. The maximum atomic E-state index is 15.0. The first-order chi connectivity index (χ1) is 32.3. The molecule has 0 unspecified atom stereocenters. The SMILES string of the molecule is Cc1cccc(N(c2ccccc2)c2ccc(-n3c(-c4cccc(F)c4)cc4cc5c(cc(-c6cccc(F)c6)n5-c5ccc(N(c6ccccc6)c6cccc(C)c6)cc5)cc43)cc2)c1. The highest BCUT2D eigenvalue weighted by atomic mass is 19.1. The second-order valence-electron chi connectivity index (χ2n) is 16.8. The van der Waals surface area contributed by atoms with E-state index in [4.69, 9.17) is 0 Å². The number of para-hydroxylation sites is 2. The molecular formula is C60H44F2N4. The lowest BCUT2D eigenvalue weighted by Crippen LogP contribution is -2.10. The number of hydrogen-bond acceptors (Lipinski definition) is 2. The number of rotatable bonds is 10. The molecule has 0 saturated heterocycles. The van der Waals surface area contributed by atoms with Crippen LogP contribution in [0.5, 0.6) is 0 Å². The van der Waals surface area contributed by atoms with Crippen molar-refractivity contribution in [1.82, 2.24) is 9.13 Å². The molecule has 4 nitrogen and oxygen atoms in total. The molecular weight excluding hydrogens is 815 g/mol. The van der Waals surface area contributed by atoms with Gasteiger partial charge in [0, 0.05) is 67.4 Å². The minimum atomic E-state index is -0.302. The van der Waals surface area contributed by atoms with Crippen molar-refractivity contribution >= 4 is 55.9 Å². The molecule has 0 aliphatic rings. The maximum Gasteiger partial charge on any atom is 0.123 e. The Morgan fingerprint density at radius 2 is 0.682 bits per heavy atom. The summed E-state index contributed by atoms with van der Waals surface area (Å²) in [4.78, 5) is 4.51. The summed E-state index contributed by atoms with van der Waals surface area (Å²) in [6.45, 7) is 4.21. The molecule has 0 atom stereocenters. The van der Waals surface area contributed by atoms with Crippen molar-refractivity contribution in [3.05, 3.63) is 253 Å². The van der Waals surface area contributed by atoms with Gasteiger partial charge in [0.15, 0.2) is 0 Å². The van der Waals surface area contributed by atoms with Crippen molar-refractivity contribution in [1.29, 1.82) is 0 Å². The van der Waals surface area contributed by atoms with Crippen LogP contribution >= 0.6 is 0 Å². The van der Waals surface area contributed by atoms with Gasteiger partial charge < -0.3 is 18.9 Å². The van der Waals surface area contributed by atoms with Gasteiger partial charge >= 0.3 is 0 Å². The third kappa shape index (κ3) is 7.58. The van der Waals surface area contributed by atoms with Crippen molar-refractivity contribution in [2.45, 2.75) is 13.8 Å². The van der Waals surface area contributed by atoms with Crippen molar-refractivity contribution in [2.24, 2.45) is 0 Å². The highest BCUT2D eigenvalue weighted by molar-refractivity contribution is 6.02. The molecule has 318 valence electrons. The molecule has 0 aliphatic carbocycles. The summed E-state index contributed by atoms with van der Waals surface area (Å²) in [6.07, 6.45) is 0. The third-order valence-electron chi connectivity index (χ3n) is 12.2. The van der Waals surface area contributed by atoms with Gasteiger partial charge in [-0.25, -0.2) is 8.78 Å². The lowest BCUT2D eigenvalue weighted by molar-refractivity contribution is 0.628. The smallest absolute Gasteiger partial charge is 0.123 e. The summed E-state index contributed by atoms with van der Waals surface area (Å²) in [7, 11) is 0. The zero-order chi connectivity index (χ0) is 44.7. The quantitative estimate of drug-likeness (QED) is 0.136. The number of benzene rings is 9. The average molecular weight is 859 g/mol. The molecule has 2 aromatic heterocycles. The fourth-order valence-electron chi connectivity index (χ4n) is 9.27. The zero-order valence-electron chi connectivity index (χ0n) is 36.5. The summed E-state index contributed by atoms with van der Waals surface area (Å²) in [6, 6.07) is 77.1. The molecule has 0 amide bonds. The van der Waals surface area contributed by atoms with Crippen LogP contribution in [0.4, 0.5) is 42.9 Å². The van der Waals surface area contributed by atoms with E-state index >= 15 is 8.78 Å².